The van der Waals surface area contributed by atoms with Gasteiger partial charge in [-0.25, -0.2) is 0 Å². The van der Waals surface area contributed by atoms with Gasteiger partial charge in [-0.2, -0.15) is 0 Å². The van der Waals surface area contributed by atoms with Crippen molar-refractivity contribution in [2.24, 2.45) is 0 Å². The number of carbonyl (C=O) groups is 2. The van der Waals surface area contributed by atoms with Crippen molar-refractivity contribution in [2.45, 2.75) is 19.8 Å². The molecule has 10 heteroatoms. The van der Waals surface area contributed by atoms with Crippen molar-refractivity contribution in [1.29, 1.82) is 0 Å². The average Bonchev–Trinajstić information content (AvgIpc) is 3.03. The van der Waals surface area contributed by atoms with Gasteiger partial charge in [-0.15, -0.1) is 0 Å². The van der Waals surface area contributed by atoms with Crippen molar-refractivity contribution in [3.8, 4) is 5.75 Å². The summed E-state index contributed by atoms with van der Waals surface area (Å²) < 4.78 is 0.426. The molecule has 3 rings (SSSR count). The number of carbonyl (C=O) groups excluding carboxylic acids is 2. The van der Waals surface area contributed by atoms with E-state index in [2.05, 4.69) is 5.32 Å². The molecule has 1 fully saturated rings. The molecule has 1 saturated heterocycles. The predicted molar refractivity (Wildman–Crippen MR) is 133 cm³/mol. The van der Waals surface area contributed by atoms with Crippen LogP contribution in [-0.4, -0.2) is 37.6 Å². The molecule has 2 amide bonds. The third-order valence-corrected chi connectivity index (χ3v) is 6.05. The third kappa shape index (κ3) is 6.50. The van der Waals surface area contributed by atoms with Crippen LogP contribution in [0.4, 0.5) is 11.4 Å². The molecule has 0 aliphatic carbocycles. The lowest BCUT2D eigenvalue weighted by molar-refractivity contribution is -0.384. The first-order valence-electron chi connectivity index (χ1n) is 10.0. The van der Waals surface area contributed by atoms with Crippen LogP contribution in [0, 0.1) is 10.1 Å². The fraction of sp³-hybridized carbons (Fsp3) is 0.174. The highest BCUT2D eigenvalue weighted by molar-refractivity contribution is 8.26. The van der Waals surface area contributed by atoms with E-state index in [0.29, 0.717) is 15.6 Å². The van der Waals surface area contributed by atoms with Crippen LogP contribution in [0.1, 0.15) is 25.3 Å². The zero-order valence-electron chi connectivity index (χ0n) is 17.7. The highest BCUT2D eigenvalue weighted by Crippen LogP contribution is 2.32. The fourth-order valence-corrected chi connectivity index (χ4v) is 4.46. The number of thiocarbonyl (C=S) groups is 1. The maximum atomic E-state index is 12.7. The Hall–Kier alpha value is -3.50. The summed E-state index contributed by atoms with van der Waals surface area (Å²) in [5.41, 5.74) is 1.66. The highest BCUT2D eigenvalue weighted by Gasteiger charge is 2.31. The zero-order valence-corrected chi connectivity index (χ0v) is 19.3. The predicted octanol–water partition coefficient (Wildman–Crippen LogP) is 4.87. The molecule has 2 aromatic rings. The quantitative estimate of drug-likeness (QED) is 0.181. The van der Waals surface area contributed by atoms with E-state index in [9.17, 15) is 24.8 Å². The zero-order chi connectivity index (χ0) is 24.0. The van der Waals surface area contributed by atoms with Gasteiger partial charge in [-0.05, 0) is 36.6 Å². The van der Waals surface area contributed by atoms with E-state index < -0.39 is 10.8 Å². The molecule has 0 unspecified atom stereocenters. The van der Waals surface area contributed by atoms with Gasteiger partial charge in [-0.3, -0.25) is 24.6 Å². The van der Waals surface area contributed by atoms with Gasteiger partial charge in [0.2, 0.25) is 5.91 Å². The van der Waals surface area contributed by atoms with Crippen molar-refractivity contribution in [2.75, 3.05) is 11.9 Å². The van der Waals surface area contributed by atoms with Gasteiger partial charge in [0.15, 0.2) is 0 Å². The van der Waals surface area contributed by atoms with Crippen LogP contribution >= 0.6 is 24.0 Å². The molecule has 2 aromatic carbocycles. The molecular formula is C23H21N3O5S2. The van der Waals surface area contributed by atoms with Crippen LogP contribution < -0.4 is 5.32 Å². The van der Waals surface area contributed by atoms with Gasteiger partial charge < -0.3 is 10.4 Å². The lowest BCUT2D eigenvalue weighted by Gasteiger charge is -2.14. The number of thioether (sulfide) groups is 1. The minimum atomic E-state index is -0.617. The molecule has 0 radical (unpaired) electrons. The second kappa shape index (κ2) is 10.9. The first-order valence-corrected chi connectivity index (χ1v) is 11.2. The third-order valence-electron chi connectivity index (χ3n) is 4.68. The summed E-state index contributed by atoms with van der Waals surface area (Å²) in [5, 5.41) is 23.1. The summed E-state index contributed by atoms with van der Waals surface area (Å²) in [6.45, 7) is 2.17. The van der Waals surface area contributed by atoms with Gasteiger partial charge in [0.25, 0.3) is 11.6 Å². The Morgan fingerprint density at radius 1 is 1.27 bits per heavy atom. The van der Waals surface area contributed by atoms with E-state index in [0.717, 1.165) is 29.3 Å². The van der Waals surface area contributed by atoms with E-state index in [1.807, 2.05) is 43.3 Å². The lowest BCUT2D eigenvalue weighted by atomic mass is 10.1. The molecule has 0 spiro atoms. The number of phenolic OH excluding ortho intramolecular Hbond substituents is 1. The lowest BCUT2D eigenvalue weighted by Crippen LogP contribution is -2.29. The SMILES string of the molecule is CC(/C=C1\SC(=S)N(CCCC(=O)Nc2cc([N+](=O)[O-])ccc2O)C1=O)=C\c1ccccc1. The molecule has 0 saturated carbocycles. The summed E-state index contributed by atoms with van der Waals surface area (Å²) in [5.74, 6) is -0.911. The molecule has 0 aromatic heterocycles. The maximum Gasteiger partial charge on any atom is 0.271 e. The van der Waals surface area contributed by atoms with Crippen LogP contribution in [0.2, 0.25) is 0 Å². The van der Waals surface area contributed by atoms with Crippen molar-refractivity contribution in [1.82, 2.24) is 4.90 Å². The van der Waals surface area contributed by atoms with Crippen LogP contribution in [0.15, 0.2) is 65.1 Å². The number of anilines is 1. The summed E-state index contributed by atoms with van der Waals surface area (Å²) in [6, 6.07) is 13.1. The van der Waals surface area contributed by atoms with Crippen LogP contribution in [0.25, 0.3) is 6.08 Å². The Morgan fingerprint density at radius 2 is 2.00 bits per heavy atom. The number of rotatable bonds is 8. The molecule has 0 atom stereocenters. The van der Waals surface area contributed by atoms with Gasteiger partial charge >= 0.3 is 0 Å². The Kier molecular flexibility index (Phi) is 7.96. The van der Waals surface area contributed by atoms with Crippen LogP contribution in [0.5, 0.6) is 5.75 Å². The minimum absolute atomic E-state index is 0.0385. The monoisotopic (exact) mass is 483 g/mol. The molecule has 1 heterocycles. The topological polar surface area (TPSA) is 113 Å². The summed E-state index contributed by atoms with van der Waals surface area (Å²) in [6.07, 6.45) is 4.15. The molecule has 0 bridgehead atoms. The van der Waals surface area contributed by atoms with Gasteiger partial charge in [0, 0.05) is 25.1 Å². The van der Waals surface area contributed by atoms with E-state index in [4.69, 9.17) is 12.2 Å². The van der Waals surface area contributed by atoms with Crippen molar-refractivity contribution in [3.05, 3.63) is 80.8 Å². The first kappa shape index (κ1) is 24.1. The number of non-ortho nitro benzene ring substituents is 1. The van der Waals surface area contributed by atoms with E-state index in [1.54, 1.807) is 6.08 Å². The Morgan fingerprint density at radius 3 is 2.70 bits per heavy atom. The number of nitrogens with zero attached hydrogens (tertiary/aromatic N) is 2. The largest absolute Gasteiger partial charge is 0.506 e. The number of aromatic hydroxyl groups is 1. The first-order chi connectivity index (χ1) is 15.7. The second-order valence-corrected chi connectivity index (χ2v) is 8.92. The average molecular weight is 484 g/mol. The normalized spacial score (nSPS) is 15.2. The highest BCUT2D eigenvalue weighted by atomic mass is 32.2. The molecule has 1 aliphatic rings. The van der Waals surface area contributed by atoms with E-state index in [1.165, 1.54) is 16.7 Å². The van der Waals surface area contributed by atoms with Crippen molar-refractivity contribution < 1.29 is 19.6 Å². The standard InChI is InChI=1S/C23H21N3O5S2/c1-15(12-16-6-3-2-4-7-16)13-20-22(29)25(23(32)33-20)11-5-8-21(28)24-18-14-17(26(30)31)9-10-19(18)27/h2-4,6-7,9-10,12-14,27H,5,8,11H2,1H3,(H,24,28)/b15-12+,20-13-. The van der Waals surface area contributed by atoms with Gasteiger partial charge in [-0.1, -0.05) is 60.4 Å². The second-order valence-electron chi connectivity index (χ2n) is 7.24. The number of nitro groups is 1. The summed E-state index contributed by atoms with van der Waals surface area (Å²) in [4.78, 5) is 37.2. The molecular weight excluding hydrogens is 462 g/mol. The number of nitro benzene ring substituents is 1. The van der Waals surface area contributed by atoms with Gasteiger partial charge in [0.1, 0.15) is 10.1 Å². The molecule has 1 aliphatic heterocycles. The molecule has 33 heavy (non-hydrogen) atoms. The number of benzene rings is 2. The fourth-order valence-electron chi connectivity index (χ4n) is 3.10. The van der Waals surface area contributed by atoms with Gasteiger partial charge in [0.05, 0.1) is 15.5 Å². The Balaban J connectivity index is 1.55. The van der Waals surface area contributed by atoms with Crippen molar-refractivity contribution >= 4 is 57.6 Å². The summed E-state index contributed by atoms with van der Waals surface area (Å²) >= 11 is 6.55. The molecule has 2 N–H and O–H groups in total. The number of phenols is 1. The number of hydrogen-bond donors (Lipinski definition) is 2. The number of hydrogen-bond acceptors (Lipinski definition) is 7. The summed E-state index contributed by atoms with van der Waals surface area (Å²) in [7, 11) is 0. The molecule has 170 valence electrons. The Labute approximate surface area is 200 Å². The van der Waals surface area contributed by atoms with Crippen LogP contribution in [-0.2, 0) is 9.59 Å². The minimum Gasteiger partial charge on any atom is -0.506 e. The number of amides is 2. The van der Waals surface area contributed by atoms with E-state index in [-0.39, 0.29) is 36.0 Å². The van der Waals surface area contributed by atoms with Crippen LogP contribution in [0.3, 0.4) is 0 Å². The smallest absolute Gasteiger partial charge is 0.271 e. The van der Waals surface area contributed by atoms with Crippen molar-refractivity contribution in [3.63, 3.8) is 0 Å². The number of allylic oxidation sites excluding steroid dienone is 2. The maximum absolute atomic E-state index is 12.7. The number of nitrogens with one attached hydrogen (secondary N) is 1. The Bertz CT molecular complexity index is 1160. The molecule has 8 nitrogen and oxygen atoms in total. The van der Waals surface area contributed by atoms with E-state index >= 15 is 0 Å².